The Balaban J connectivity index is 1.22. The standard InChI is InChI=1S/C36H26N2O5S/c1-43-25-18-14-23(15-19-25)35(41)37-24-16-20-26(21-17-24)44-34(22-8-3-2-4-9-22)36(42)38-30-13-7-12-29-31(30)33(40)28-11-6-5-10-27(28)32(29)39/h2-21,34H,1H3,(H,37,41)(H,38,42). The maximum Gasteiger partial charge on any atom is 0.255 e. The number of anilines is 2. The molecule has 0 aliphatic heterocycles. The number of hydrogen-bond acceptors (Lipinski definition) is 6. The van der Waals surface area contributed by atoms with Gasteiger partial charge in [-0.05, 0) is 60.2 Å². The highest BCUT2D eigenvalue weighted by Gasteiger charge is 2.32. The van der Waals surface area contributed by atoms with Crippen molar-refractivity contribution in [3.8, 4) is 5.75 Å². The van der Waals surface area contributed by atoms with Gasteiger partial charge in [-0.15, -0.1) is 11.8 Å². The summed E-state index contributed by atoms with van der Waals surface area (Å²) < 4.78 is 5.15. The van der Waals surface area contributed by atoms with Crippen LogP contribution >= 0.6 is 11.8 Å². The number of amides is 2. The van der Waals surface area contributed by atoms with Crippen LogP contribution in [0.4, 0.5) is 11.4 Å². The summed E-state index contributed by atoms with van der Waals surface area (Å²) in [6.07, 6.45) is 0. The van der Waals surface area contributed by atoms with Crippen molar-refractivity contribution in [2.24, 2.45) is 0 Å². The molecule has 0 saturated carbocycles. The van der Waals surface area contributed by atoms with Crippen LogP contribution in [0.5, 0.6) is 5.75 Å². The molecule has 6 rings (SSSR count). The van der Waals surface area contributed by atoms with E-state index in [9.17, 15) is 19.2 Å². The van der Waals surface area contributed by atoms with Gasteiger partial charge in [-0.1, -0.05) is 66.7 Å². The van der Waals surface area contributed by atoms with Crippen LogP contribution in [0.3, 0.4) is 0 Å². The Labute approximate surface area is 258 Å². The van der Waals surface area contributed by atoms with Gasteiger partial charge in [0.25, 0.3) is 5.91 Å². The van der Waals surface area contributed by atoms with Gasteiger partial charge in [0.2, 0.25) is 5.91 Å². The number of nitrogens with one attached hydrogen (secondary N) is 2. The highest BCUT2D eigenvalue weighted by molar-refractivity contribution is 8.00. The number of thioether (sulfide) groups is 1. The molecule has 2 N–H and O–H groups in total. The lowest BCUT2D eigenvalue weighted by molar-refractivity contribution is -0.115. The summed E-state index contributed by atoms with van der Waals surface area (Å²) in [6.45, 7) is 0. The van der Waals surface area contributed by atoms with E-state index in [2.05, 4.69) is 10.6 Å². The number of methoxy groups -OCH3 is 1. The first-order valence-corrected chi connectivity index (χ1v) is 14.7. The van der Waals surface area contributed by atoms with Gasteiger partial charge < -0.3 is 15.4 Å². The molecule has 5 aromatic rings. The average Bonchev–Trinajstić information content (AvgIpc) is 3.07. The predicted molar refractivity (Wildman–Crippen MR) is 171 cm³/mol. The summed E-state index contributed by atoms with van der Waals surface area (Å²) >= 11 is 1.33. The Hall–Kier alpha value is -5.47. The van der Waals surface area contributed by atoms with Crippen LogP contribution in [0.25, 0.3) is 0 Å². The van der Waals surface area contributed by atoms with E-state index >= 15 is 0 Å². The first-order valence-electron chi connectivity index (χ1n) is 13.8. The van der Waals surface area contributed by atoms with Crippen LogP contribution in [0.2, 0.25) is 0 Å². The molecule has 5 aromatic carbocycles. The molecule has 8 heteroatoms. The molecule has 0 spiro atoms. The molecule has 0 radical (unpaired) electrons. The zero-order valence-corrected chi connectivity index (χ0v) is 24.4. The topological polar surface area (TPSA) is 102 Å². The van der Waals surface area contributed by atoms with Crippen molar-refractivity contribution in [2.75, 3.05) is 17.7 Å². The number of rotatable bonds is 8. The first kappa shape index (κ1) is 28.6. The fraction of sp³-hybridized carbons (Fsp3) is 0.0556. The number of hydrogen-bond donors (Lipinski definition) is 2. The van der Waals surface area contributed by atoms with Crippen molar-refractivity contribution in [3.63, 3.8) is 0 Å². The monoisotopic (exact) mass is 598 g/mol. The zero-order valence-electron chi connectivity index (χ0n) is 23.6. The summed E-state index contributed by atoms with van der Waals surface area (Å²) in [5.41, 5.74) is 3.30. The van der Waals surface area contributed by atoms with Crippen LogP contribution < -0.4 is 15.4 Å². The van der Waals surface area contributed by atoms with Crippen LogP contribution in [-0.4, -0.2) is 30.5 Å². The Morgan fingerprint density at radius 2 is 1.30 bits per heavy atom. The Morgan fingerprint density at radius 3 is 1.98 bits per heavy atom. The fourth-order valence-corrected chi connectivity index (χ4v) is 6.07. The zero-order chi connectivity index (χ0) is 30.6. The van der Waals surface area contributed by atoms with Crippen LogP contribution in [0, 0.1) is 0 Å². The molecule has 0 saturated heterocycles. The fourth-order valence-electron chi connectivity index (χ4n) is 5.05. The molecule has 216 valence electrons. The quantitative estimate of drug-likeness (QED) is 0.180. The van der Waals surface area contributed by atoms with E-state index in [-0.39, 0.29) is 34.5 Å². The third kappa shape index (κ3) is 5.75. The average molecular weight is 599 g/mol. The third-order valence-corrected chi connectivity index (χ3v) is 8.54. The van der Waals surface area contributed by atoms with E-state index in [0.29, 0.717) is 33.8 Å². The minimum absolute atomic E-state index is 0.193. The Bertz CT molecular complexity index is 1890. The summed E-state index contributed by atoms with van der Waals surface area (Å²) in [7, 11) is 1.57. The lowest BCUT2D eigenvalue weighted by Crippen LogP contribution is -2.25. The number of ether oxygens (including phenoxy) is 1. The number of ketones is 2. The molecular weight excluding hydrogens is 572 g/mol. The number of carbonyl (C=O) groups is 4. The number of benzene rings is 5. The molecule has 1 aliphatic rings. The van der Waals surface area contributed by atoms with Gasteiger partial charge in [0.05, 0.1) is 18.4 Å². The second kappa shape index (κ2) is 12.4. The van der Waals surface area contributed by atoms with E-state index in [1.165, 1.54) is 11.8 Å². The maximum atomic E-state index is 13.9. The molecule has 0 fully saturated rings. The molecular formula is C36H26N2O5S. The van der Waals surface area contributed by atoms with Gasteiger partial charge in [0, 0.05) is 32.8 Å². The third-order valence-electron chi connectivity index (χ3n) is 7.27. The SMILES string of the molecule is COc1ccc(C(=O)Nc2ccc(SC(C(=O)Nc3cccc4c3C(=O)c3ccccc3C4=O)c3ccccc3)cc2)cc1. The van der Waals surface area contributed by atoms with E-state index in [4.69, 9.17) is 4.74 Å². The van der Waals surface area contributed by atoms with Gasteiger partial charge in [0.15, 0.2) is 11.6 Å². The lowest BCUT2D eigenvalue weighted by Gasteiger charge is -2.22. The van der Waals surface area contributed by atoms with Crippen molar-refractivity contribution >= 4 is 46.5 Å². The highest BCUT2D eigenvalue weighted by Crippen LogP contribution is 2.38. The predicted octanol–water partition coefficient (Wildman–Crippen LogP) is 7.20. The normalized spacial score (nSPS) is 12.5. The second-order valence-electron chi connectivity index (χ2n) is 10.0. The van der Waals surface area contributed by atoms with Crippen LogP contribution in [-0.2, 0) is 4.79 Å². The number of carbonyl (C=O) groups excluding carboxylic acids is 4. The molecule has 7 nitrogen and oxygen atoms in total. The van der Waals surface area contributed by atoms with E-state index < -0.39 is 5.25 Å². The molecule has 2 amide bonds. The number of fused-ring (bicyclic) bond motifs is 2. The molecule has 1 aliphatic carbocycles. The first-order chi connectivity index (χ1) is 21.4. The van der Waals surface area contributed by atoms with Crippen molar-refractivity contribution in [1.29, 1.82) is 0 Å². The van der Waals surface area contributed by atoms with Crippen LogP contribution in [0.15, 0.2) is 126 Å². The molecule has 1 unspecified atom stereocenters. The molecule has 1 atom stereocenters. The molecule has 0 bridgehead atoms. The van der Waals surface area contributed by atoms with Gasteiger partial charge in [0.1, 0.15) is 11.0 Å². The van der Waals surface area contributed by atoms with Crippen molar-refractivity contribution < 1.29 is 23.9 Å². The lowest BCUT2D eigenvalue weighted by atomic mass is 9.83. The van der Waals surface area contributed by atoms with Gasteiger partial charge >= 0.3 is 0 Å². The van der Waals surface area contributed by atoms with E-state index in [1.807, 2.05) is 42.5 Å². The summed E-state index contributed by atoms with van der Waals surface area (Å²) in [5.74, 6) is -0.485. The molecule has 0 heterocycles. The second-order valence-corrected chi connectivity index (χ2v) is 11.2. The maximum absolute atomic E-state index is 13.9. The van der Waals surface area contributed by atoms with Gasteiger partial charge in [-0.3, -0.25) is 19.2 Å². The summed E-state index contributed by atoms with van der Waals surface area (Å²) in [5, 5.41) is 5.14. The van der Waals surface area contributed by atoms with Crippen molar-refractivity contribution in [2.45, 2.75) is 10.1 Å². The van der Waals surface area contributed by atoms with Crippen molar-refractivity contribution in [3.05, 3.63) is 155 Å². The Kier molecular flexibility index (Phi) is 8.08. The van der Waals surface area contributed by atoms with Crippen LogP contribution in [0.1, 0.15) is 53.0 Å². The molecule has 0 aromatic heterocycles. The molecule has 44 heavy (non-hydrogen) atoms. The van der Waals surface area contributed by atoms with E-state index in [1.54, 1.807) is 86.0 Å². The minimum Gasteiger partial charge on any atom is -0.497 e. The minimum atomic E-state index is -0.673. The summed E-state index contributed by atoms with van der Waals surface area (Å²) in [6, 6.07) is 35.0. The van der Waals surface area contributed by atoms with Gasteiger partial charge in [-0.2, -0.15) is 0 Å². The van der Waals surface area contributed by atoms with E-state index in [0.717, 1.165) is 10.5 Å². The largest absolute Gasteiger partial charge is 0.497 e. The summed E-state index contributed by atoms with van der Waals surface area (Å²) in [4.78, 5) is 54.0. The highest BCUT2D eigenvalue weighted by atomic mass is 32.2. The van der Waals surface area contributed by atoms with Gasteiger partial charge in [-0.25, -0.2) is 0 Å². The van der Waals surface area contributed by atoms with Crippen molar-refractivity contribution in [1.82, 2.24) is 0 Å². The smallest absolute Gasteiger partial charge is 0.255 e. The Morgan fingerprint density at radius 1 is 0.659 bits per heavy atom.